The largest absolute Gasteiger partial charge is 0.495 e. The molecule has 2 heterocycles. The number of rotatable bonds is 3. The summed E-state index contributed by atoms with van der Waals surface area (Å²) in [6, 6.07) is 9.98. The molecule has 0 aliphatic carbocycles. The first-order valence-corrected chi connectivity index (χ1v) is 9.63. The highest BCUT2D eigenvalue weighted by Crippen LogP contribution is 2.28. The van der Waals surface area contributed by atoms with Crippen molar-refractivity contribution in [1.82, 2.24) is 9.55 Å². The number of carbonyl (C=O) groups excluding carboxylic acids is 1. The van der Waals surface area contributed by atoms with Crippen LogP contribution in [-0.2, 0) is 13.0 Å². The lowest BCUT2D eigenvalue weighted by atomic mass is 10.1. The van der Waals surface area contributed by atoms with Crippen LogP contribution >= 0.6 is 11.6 Å². The van der Waals surface area contributed by atoms with Crippen molar-refractivity contribution in [1.29, 1.82) is 0 Å². The van der Waals surface area contributed by atoms with Gasteiger partial charge in [0.05, 0.1) is 23.7 Å². The molecule has 2 aromatic carbocycles. The topological polar surface area (TPSA) is 73.2 Å². The molecule has 0 bridgehead atoms. The second-order valence-corrected chi connectivity index (χ2v) is 7.26. The molecule has 1 aromatic heterocycles. The molecule has 1 aliphatic rings. The maximum atomic E-state index is 12.8. The van der Waals surface area contributed by atoms with Crippen LogP contribution in [0.25, 0.3) is 10.9 Å². The van der Waals surface area contributed by atoms with Crippen molar-refractivity contribution in [3.05, 3.63) is 63.2 Å². The van der Waals surface area contributed by atoms with E-state index >= 15 is 0 Å². The molecular formula is C21H20ClN3O3. The molecule has 6 nitrogen and oxygen atoms in total. The van der Waals surface area contributed by atoms with E-state index in [4.69, 9.17) is 16.3 Å². The second-order valence-electron chi connectivity index (χ2n) is 6.83. The lowest BCUT2D eigenvalue weighted by molar-refractivity contribution is 0.102. The third-order valence-corrected chi connectivity index (χ3v) is 5.22. The number of anilines is 1. The van der Waals surface area contributed by atoms with Crippen molar-refractivity contribution in [2.75, 3.05) is 12.4 Å². The van der Waals surface area contributed by atoms with Gasteiger partial charge in [-0.25, -0.2) is 4.98 Å². The van der Waals surface area contributed by atoms with E-state index in [2.05, 4.69) is 10.3 Å². The summed E-state index contributed by atoms with van der Waals surface area (Å²) >= 11 is 6.03. The molecular weight excluding hydrogens is 378 g/mol. The summed E-state index contributed by atoms with van der Waals surface area (Å²) in [7, 11) is 1.53. The summed E-state index contributed by atoms with van der Waals surface area (Å²) in [6.45, 7) is 0.702. The van der Waals surface area contributed by atoms with E-state index in [1.54, 1.807) is 41.0 Å². The van der Waals surface area contributed by atoms with E-state index in [1.165, 1.54) is 7.11 Å². The summed E-state index contributed by atoms with van der Waals surface area (Å²) in [5.41, 5.74) is 1.41. The van der Waals surface area contributed by atoms with Gasteiger partial charge in [-0.1, -0.05) is 18.0 Å². The van der Waals surface area contributed by atoms with Crippen LogP contribution in [0.5, 0.6) is 5.75 Å². The maximum absolute atomic E-state index is 12.8. The summed E-state index contributed by atoms with van der Waals surface area (Å²) < 4.78 is 7.04. The van der Waals surface area contributed by atoms with E-state index in [9.17, 15) is 9.59 Å². The first-order valence-electron chi connectivity index (χ1n) is 9.25. The number of carbonyl (C=O) groups is 1. The Morgan fingerprint density at radius 3 is 2.86 bits per heavy atom. The normalized spacial score (nSPS) is 13.6. The molecule has 0 unspecified atom stereocenters. The molecule has 28 heavy (non-hydrogen) atoms. The van der Waals surface area contributed by atoms with Crippen LogP contribution in [-0.4, -0.2) is 22.6 Å². The van der Waals surface area contributed by atoms with E-state index in [0.29, 0.717) is 39.5 Å². The molecule has 1 N–H and O–H groups in total. The van der Waals surface area contributed by atoms with E-state index in [0.717, 1.165) is 31.5 Å². The minimum Gasteiger partial charge on any atom is -0.495 e. The standard InChI is InChI=1S/C21H20ClN3O3/c1-28-18-9-7-14(22)12-17(18)24-20(26)13-6-8-15-16(11-13)23-19-5-3-2-4-10-25(19)21(15)27/h6-9,11-12H,2-5,10H2,1H3,(H,24,26). The molecule has 0 saturated carbocycles. The molecule has 3 aromatic rings. The molecule has 144 valence electrons. The SMILES string of the molecule is COc1ccc(Cl)cc1NC(=O)c1ccc2c(=O)n3c(nc2c1)CCCCC3. The molecule has 1 amide bonds. The van der Waals surface area contributed by atoms with Crippen LogP contribution in [0.3, 0.4) is 0 Å². The first-order chi connectivity index (χ1) is 13.6. The monoisotopic (exact) mass is 397 g/mol. The minimum absolute atomic E-state index is 0.0367. The number of hydrogen-bond acceptors (Lipinski definition) is 4. The Morgan fingerprint density at radius 2 is 2.04 bits per heavy atom. The highest BCUT2D eigenvalue weighted by atomic mass is 35.5. The van der Waals surface area contributed by atoms with Crippen molar-refractivity contribution in [2.24, 2.45) is 0 Å². The Kier molecular flexibility index (Phi) is 5.05. The highest BCUT2D eigenvalue weighted by molar-refractivity contribution is 6.31. The summed E-state index contributed by atoms with van der Waals surface area (Å²) in [5, 5.41) is 3.83. The second kappa shape index (κ2) is 7.64. The molecule has 7 heteroatoms. The van der Waals surface area contributed by atoms with Crippen LogP contribution < -0.4 is 15.6 Å². The van der Waals surface area contributed by atoms with Crippen molar-refractivity contribution < 1.29 is 9.53 Å². The van der Waals surface area contributed by atoms with Gasteiger partial charge in [0.15, 0.2) is 0 Å². The average Bonchev–Trinajstić information content (AvgIpc) is 2.93. The first kappa shape index (κ1) is 18.5. The molecule has 4 rings (SSSR count). The van der Waals surface area contributed by atoms with E-state index < -0.39 is 0 Å². The lowest BCUT2D eigenvalue weighted by Crippen LogP contribution is -2.24. The van der Waals surface area contributed by atoms with Crippen LogP contribution in [0, 0.1) is 0 Å². The Bertz CT molecular complexity index is 1120. The van der Waals surface area contributed by atoms with Gasteiger partial charge in [0, 0.05) is 23.6 Å². The molecule has 0 spiro atoms. The third kappa shape index (κ3) is 3.47. The Labute approximate surface area is 167 Å². The smallest absolute Gasteiger partial charge is 0.261 e. The van der Waals surface area contributed by atoms with Gasteiger partial charge in [-0.2, -0.15) is 0 Å². The molecule has 0 atom stereocenters. The Hall–Kier alpha value is -2.86. The van der Waals surface area contributed by atoms with Crippen molar-refractivity contribution >= 4 is 34.1 Å². The van der Waals surface area contributed by atoms with Crippen LogP contribution in [0.1, 0.15) is 35.4 Å². The van der Waals surface area contributed by atoms with Gasteiger partial charge in [-0.15, -0.1) is 0 Å². The minimum atomic E-state index is -0.320. The number of methoxy groups -OCH3 is 1. The predicted molar refractivity (Wildman–Crippen MR) is 110 cm³/mol. The highest BCUT2D eigenvalue weighted by Gasteiger charge is 2.16. The van der Waals surface area contributed by atoms with Crippen LogP contribution in [0.15, 0.2) is 41.2 Å². The summed E-state index contributed by atoms with van der Waals surface area (Å²) in [5.74, 6) is 0.989. The number of benzene rings is 2. The molecule has 0 fully saturated rings. The average molecular weight is 398 g/mol. The van der Waals surface area contributed by atoms with E-state index in [1.807, 2.05) is 0 Å². The zero-order valence-corrected chi connectivity index (χ0v) is 16.3. The van der Waals surface area contributed by atoms with E-state index in [-0.39, 0.29) is 11.5 Å². The number of halogens is 1. The van der Waals surface area contributed by atoms with Gasteiger partial charge in [-0.05, 0) is 49.2 Å². The van der Waals surface area contributed by atoms with Gasteiger partial charge in [0.25, 0.3) is 11.5 Å². The van der Waals surface area contributed by atoms with Crippen molar-refractivity contribution in [2.45, 2.75) is 32.2 Å². The fourth-order valence-electron chi connectivity index (χ4n) is 3.53. The fraction of sp³-hybridized carbons (Fsp3) is 0.286. The van der Waals surface area contributed by atoms with Gasteiger partial charge >= 0.3 is 0 Å². The number of hydrogen-bond donors (Lipinski definition) is 1. The molecule has 0 saturated heterocycles. The Morgan fingerprint density at radius 1 is 1.18 bits per heavy atom. The number of aryl methyl sites for hydroxylation is 1. The summed E-state index contributed by atoms with van der Waals surface area (Å²) in [4.78, 5) is 30.2. The van der Waals surface area contributed by atoms with Gasteiger partial charge in [0.2, 0.25) is 0 Å². The quantitative estimate of drug-likeness (QED) is 0.724. The Balaban J connectivity index is 1.71. The number of ether oxygens (including phenoxy) is 1. The summed E-state index contributed by atoms with van der Waals surface area (Å²) in [6.07, 6.45) is 3.88. The zero-order valence-electron chi connectivity index (χ0n) is 15.5. The van der Waals surface area contributed by atoms with Crippen LogP contribution in [0.2, 0.25) is 5.02 Å². The number of aromatic nitrogens is 2. The third-order valence-electron chi connectivity index (χ3n) is 4.99. The lowest BCUT2D eigenvalue weighted by Gasteiger charge is -2.12. The number of nitrogens with one attached hydrogen (secondary N) is 1. The van der Waals surface area contributed by atoms with Crippen molar-refractivity contribution in [3.8, 4) is 5.75 Å². The van der Waals surface area contributed by atoms with Gasteiger partial charge in [-0.3, -0.25) is 14.2 Å². The van der Waals surface area contributed by atoms with Crippen LogP contribution in [0.4, 0.5) is 5.69 Å². The zero-order chi connectivity index (χ0) is 19.7. The fourth-order valence-corrected chi connectivity index (χ4v) is 3.70. The molecule has 1 aliphatic heterocycles. The number of nitrogens with zero attached hydrogens (tertiary/aromatic N) is 2. The van der Waals surface area contributed by atoms with Gasteiger partial charge in [0.1, 0.15) is 11.6 Å². The maximum Gasteiger partial charge on any atom is 0.261 e. The predicted octanol–water partition coefficient (Wildman–Crippen LogP) is 4.04. The molecule has 0 radical (unpaired) electrons. The van der Waals surface area contributed by atoms with Gasteiger partial charge < -0.3 is 10.1 Å². The number of amides is 1. The number of fused-ring (bicyclic) bond motifs is 2. The van der Waals surface area contributed by atoms with Crippen molar-refractivity contribution in [3.63, 3.8) is 0 Å².